The van der Waals surface area contributed by atoms with Gasteiger partial charge in [0.1, 0.15) is 5.82 Å². The Bertz CT molecular complexity index is 493. The van der Waals surface area contributed by atoms with Crippen molar-refractivity contribution in [3.63, 3.8) is 0 Å². The predicted molar refractivity (Wildman–Crippen MR) is 72.9 cm³/mol. The molecule has 88 valence electrons. The summed E-state index contributed by atoms with van der Waals surface area (Å²) in [6.07, 6.45) is 0. The topological polar surface area (TPSA) is 12.0 Å². The van der Waals surface area contributed by atoms with Crippen LogP contribution in [0.2, 0.25) is 5.02 Å². The van der Waals surface area contributed by atoms with Crippen LogP contribution in [0, 0.1) is 5.82 Å². The van der Waals surface area contributed by atoms with E-state index in [1.165, 1.54) is 12.1 Å². The summed E-state index contributed by atoms with van der Waals surface area (Å²) in [5.74, 6) is -0.243. The van der Waals surface area contributed by atoms with Crippen molar-refractivity contribution in [2.75, 3.05) is 5.32 Å². The monoisotopic (exact) mass is 313 g/mol. The molecule has 0 aliphatic rings. The van der Waals surface area contributed by atoms with Crippen molar-refractivity contribution in [3.8, 4) is 0 Å². The van der Waals surface area contributed by atoms with Crippen LogP contribution in [0.3, 0.4) is 0 Å². The minimum Gasteiger partial charge on any atom is -0.381 e. The van der Waals surface area contributed by atoms with E-state index in [9.17, 15) is 4.39 Å². The maximum absolute atomic E-state index is 13.1. The van der Waals surface area contributed by atoms with Crippen LogP contribution in [-0.2, 0) is 6.54 Å². The molecule has 1 nitrogen and oxygen atoms in total. The van der Waals surface area contributed by atoms with Crippen LogP contribution < -0.4 is 5.32 Å². The zero-order valence-electron chi connectivity index (χ0n) is 8.88. The van der Waals surface area contributed by atoms with Crippen molar-refractivity contribution in [2.24, 2.45) is 0 Å². The molecular weight excluding hydrogens is 305 g/mol. The molecule has 0 saturated heterocycles. The largest absolute Gasteiger partial charge is 0.381 e. The van der Waals surface area contributed by atoms with Gasteiger partial charge < -0.3 is 5.32 Å². The maximum Gasteiger partial charge on any atom is 0.124 e. The van der Waals surface area contributed by atoms with Gasteiger partial charge in [-0.3, -0.25) is 0 Å². The van der Waals surface area contributed by atoms with E-state index < -0.39 is 0 Å². The van der Waals surface area contributed by atoms with Gasteiger partial charge in [-0.05, 0) is 48.0 Å². The fourth-order valence-electron chi connectivity index (χ4n) is 1.48. The van der Waals surface area contributed by atoms with Gasteiger partial charge in [0, 0.05) is 21.7 Å². The van der Waals surface area contributed by atoms with Gasteiger partial charge in [0.2, 0.25) is 0 Å². The first-order chi connectivity index (χ1) is 8.13. The Morgan fingerprint density at radius 1 is 1.12 bits per heavy atom. The van der Waals surface area contributed by atoms with E-state index in [2.05, 4.69) is 21.2 Å². The summed E-state index contributed by atoms with van der Waals surface area (Å²) in [6.45, 7) is 0.567. The molecule has 0 heterocycles. The number of hydrogen-bond acceptors (Lipinski definition) is 1. The van der Waals surface area contributed by atoms with Gasteiger partial charge in [-0.25, -0.2) is 4.39 Å². The second-order valence-electron chi connectivity index (χ2n) is 3.64. The van der Waals surface area contributed by atoms with E-state index in [0.29, 0.717) is 11.6 Å². The molecule has 0 radical (unpaired) electrons. The number of nitrogens with one attached hydrogen (secondary N) is 1. The van der Waals surface area contributed by atoms with Crippen LogP contribution in [-0.4, -0.2) is 0 Å². The van der Waals surface area contributed by atoms with E-state index >= 15 is 0 Å². The van der Waals surface area contributed by atoms with Crippen molar-refractivity contribution < 1.29 is 4.39 Å². The molecule has 2 aromatic carbocycles. The van der Waals surface area contributed by atoms with Gasteiger partial charge >= 0.3 is 0 Å². The van der Waals surface area contributed by atoms with Gasteiger partial charge in [-0.2, -0.15) is 0 Å². The zero-order chi connectivity index (χ0) is 12.3. The average molecular weight is 315 g/mol. The van der Waals surface area contributed by atoms with Crippen molar-refractivity contribution in [1.29, 1.82) is 0 Å². The number of hydrogen-bond donors (Lipinski definition) is 1. The van der Waals surface area contributed by atoms with Crippen LogP contribution in [0.5, 0.6) is 0 Å². The molecule has 0 atom stereocenters. The highest BCUT2D eigenvalue weighted by Crippen LogP contribution is 2.17. The summed E-state index contributed by atoms with van der Waals surface area (Å²) in [4.78, 5) is 0. The second kappa shape index (κ2) is 5.52. The Morgan fingerprint density at radius 2 is 1.82 bits per heavy atom. The molecular formula is C13H10BrClFN. The quantitative estimate of drug-likeness (QED) is 0.853. The first kappa shape index (κ1) is 12.4. The molecule has 1 N–H and O–H groups in total. The number of rotatable bonds is 3. The van der Waals surface area contributed by atoms with E-state index in [1.54, 1.807) is 0 Å². The zero-order valence-corrected chi connectivity index (χ0v) is 11.2. The highest BCUT2D eigenvalue weighted by molar-refractivity contribution is 9.10. The van der Waals surface area contributed by atoms with Crippen LogP contribution in [0.1, 0.15) is 5.56 Å². The van der Waals surface area contributed by atoms with Crippen LogP contribution in [0.15, 0.2) is 46.9 Å². The van der Waals surface area contributed by atoms with Crippen LogP contribution in [0.4, 0.5) is 10.1 Å². The van der Waals surface area contributed by atoms with E-state index in [4.69, 9.17) is 11.6 Å². The lowest BCUT2D eigenvalue weighted by Gasteiger charge is -2.07. The van der Waals surface area contributed by atoms with E-state index in [1.807, 2.05) is 30.3 Å². The Kier molecular flexibility index (Phi) is 4.02. The summed E-state index contributed by atoms with van der Waals surface area (Å²) < 4.78 is 13.9. The predicted octanol–water partition coefficient (Wildman–Crippen LogP) is 4.85. The Labute approximate surface area is 113 Å². The average Bonchev–Trinajstić information content (AvgIpc) is 2.27. The summed E-state index contributed by atoms with van der Waals surface area (Å²) in [5, 5.41) is 3.89. The number of anilines is 1. The first-order valence-electron chi connectivity index (χ1n) is 5.08. The Balaban J connectivity index is 2.04. The minimum absolute atomic E-state index is 0.243. The van der Waals surface area contributed by atoms with Crippen LogP contribution in [0.25, 0.3) is 0 Å². The molecule has 0 spiro atoms. The third-order valence-corrected chi connectivity index (χ3v) is 2.97. The number of benzene rings is 2. The summed E-state index contributed by atoms with van der Waals surface area (Å²) >= 11 is 9.05. The lowest BCUT2D eigenvalue weighted by Crippen LogP contribution is -1.99. The summed E-state index contributed by atoms with van der Waals surface area (Å²) in [6, 6.07) is 12.2. The third kappa shape index (κ3) is 3.72. The molecule has 0 unspecified atom stereocenters. The molecule has 0 fully saturated rings. The van der Waals surface area contributed by atoms with Crippen molar-refractivity contribution in [2.45, 2.75) is 6.54 Å². The second-order valence-corrected chi connectivity index (χ2v) is 4.99. The van der Waals surface area contributed by atoms with Gasteiger partial charge in [0.05, 0.1) is 0 Å². The van der Waals surface area contributed by atoms with Crippen molar-refractivity contribution in [3.05, 3.63) is 63.3 Å². The molecule has 0 amide bonds. The standard InChI is InChI=1S/C13H10BrClFN/c14-10-5-9(6-12(16)7-10)8-17-13-3-1-11(15)2-4-13/h1-7,17H,8H2. The molecule has 0 saturated carbocycles. The minimum atomic E-state index is -0.243. The van der Waals surface area contributed by atoms with Crippen molar-refractivity contribution >= 4 is 33.2 Å². The van der Waals surface area contributed by atoms with Gasteiger partial charge in [-0.1, -0.05) is 27.5 Å². The molecule has 0 aromatic heterocycles. The third-order valence-electron chi connectivity index (χ3n) is 2.26. The fourth-order valence-corrected chi connectivity index (χ4v) is 2.12. The highest BCUT2D eigenvalue weighted by atomic mass is 79.9. The molecule has 2 rings (SSSR count). The van der Waals surface area contributed by atoms with Gasteiger partial charge in [0.15, 0.2) is 0 Å². The Morgan fingerprint density at radius 3 is 2.47 bits per heavy atom. The van der Waals surface area contributed by atoms with E-state index in [-0.39, 0.29) is 5.82 Å². The molecule has 17 heavy (non-hydrogen) atoms. The SMILES string of the molecule is Fc1cc(Br)cc(CNc2ccc(Cl)cc2)c1. The summed E-state index contributed by atoms with van der Waals surface area (Å²) in [7, 11) is 0. The van der Waals surface area contributed by atoms with Gasteiger partial charge in [-0.15, -0.1) is 0 Å². The number of halogens is 3. The first-order valence-corrected chi connectivity index (χ1v) is 6.25. The molecule has 4 heteroatoms. The van der Waals surface area contributed by atoms with Gasteiger partial charge in [0.25, 0.3) is 0 Å². The maximum atomic E-state index is 13.1. The molecule has 0 bridgehead atoms. The highest BCUT2D eigenvalue weighted by Gasteiger charge is 1.99. The normalized spacial score (nSPS) is 10.3. The lowest BCUT2D eigenvalue weighted by molar-refractivity contribution is 0.625. The van der Waals surface area contributed by atoms with Crippen LogP contribution >= 0.6 is 27.5 Å². The Hall–Kier alpha value is -1.06. The molecule has 2 aromatic rings. The smallest absolute Gasteiger partial charge is 0.124 e. The van der Waals surface area contributed by atoms with Crippen molar-refractivity contribution in [1.82, 2.24) is 0 Å². The fraction of sp³-hybridized carbons (Fsp3) is 0.0769. The molecule has 0 aliphatic heterocycles. The summed E-state index contributed by atoms with van der Waals surface area (Å²) in [5.41, 5.74) is 1.83. The lowest BCUT2D eigenvalue weighted by atomic mass is 10.2. The van der Waals surface area contributed by atoms with E-state index in [0.717, 1.165) is 15.7 Å². The molecule has 0 aliphatic carbocycles.